The van der Waals surface area contributed by atoms with Crippen molar-refractivity contribution in [3.8, 4) is 0 Å². The first kappa shape index (κ1) is 25.5. The lowest BCUT2D eigenvalue weighted by Gasteiger charge is -2.31. The molecule has 0 amide bonds. The highest BCUT2D eigenvalue weighted by atomic mass is 32.2. The van der Waals surface area contributed by atoms with Gasteiger partial charge in [-0.15, -0.1) is 0 Å². The van der Waals surface area contributed by atoms with Gasteiger partial charge in [0.25, 0.3) is 10.1 Å². The van der Waals surface area contributed by atoms with Crippen LogP contribution >= 0.6 is 0 Å². The Bertz CT molecular complexity index is 1090. The fourth-order valence-corrected chi connectivity index (χ4v) is 5.90. The Morgan fingerprint density at radius 1 is 0.970 bits per heavy atom. The van der Waals surface area contributed by atoms with Gasteiger partial charge in [0.05, 0.1) is 0 Å². The summed E-state index contributed by atoms with van der Waals surface area (Å²) in [6, 6.07) is 9.32. The maximum absolute atomic E-state index is 12.2. The lowest BCUT2D eigenvalue weighted by molar-refractivity contribution is -0.137. The van der Waals surface area contributed by atoms with Gasteiger partial charge in [-0.3, -0.25) is 9.35 Å². The van der Waals surface area contributed by atoms with E-state index in [2.05, 4.69) is 25.7 Å². The molecule has 2 aromatic rings. The van der Waals surface area contributed by atoms with Crippen LogP contribution in [0.5, 0.6) is 0 Å². The van der Waals surface area contributed by atoms with E-state index in [1.807, 2.05) is 12.1 Å². The van der Waals surface area contributed by atoms with Crippen LogP contribution in [0.1, 0.15) is 84.1 Å². The van der Waals surface area contributed by atoms with Gasteiger partial charge in [-0.05, 0) is 36.8 Å². The second-order valence-corrected chi connectivity index (χ2v) is 11.2. The van der Waals surface area contributed by atoms with Gasteiger partial charge >= 0.3 is 5.97 Å². The summed E-state index contributed by atoms with van der Waals surface area (Å²) in [5, 5.41) is 10.1. The van der Waals surface area contributed by atoms with Crippen LogP contribution in [0.15, 0.2) is 35.2 Å². The number of unbranched alkanes of at least 4 members (excludes halogenated alkanes) is 7. The quantitative estimate of drug-likeness (QED) is 0.282. The highest BCUT2D eigenvalue weighted by Crippen LogP contribution is 2.50. The van der Waals surface area contributed by atoms with Gasteiger partial charge in [0.1, 0.15) is 4.90 Å². The maximum Gasteiger partial charge on any atom is 0.303 e. The molecular formula is C26H37NO5S. The second-order valence-electron chi connectivity index (χ2n) is 9.85. The molecule has 0 bridgehead atoms. The normalized spacial score (nSPS) is 17.5. The molecule has 2 N–H and O–H groups in total. The van der Waals surface area contributed by atoms with Gasteiger partial charge in [0, 0.05) is 35.5 Å². The van der Waals surface area contributed by atoms with Crippen molar-refractivity contribution in [2.45, 2.75) is 94.9 Å². The zero-order chi connectivity index (χ0) is 24.2. The summed E-state index contributed by atoms with van der Waals surface area (Å²) in [6.07, 6.45) is 8.65. The van der Waals surface area contributed by atoms with Crippen molar-refractivity contribution in [1.29, 1.82) is 0 Å². The predicted octanol–water partition coefficient (Wildman–Crippen LogP) is 6.17. The lowest BCUT2D eigenvalue weighted by atomic mass is 9.79. The largest absolute Gasteiger partial charge is 0.481 e. The number of hydrogen-bond acceptors (Lipinski definition) is 4. The van der Waals surface area contributed by atoms with E-state index in [-0.39, 0.29) is 22.8 Å². The molecule has 0 saturated heterocycles. The molecule has 182 valence electrons. The summed E-state index contributed by atoms with van der Waals surface area (Å²) in [5.41, 5.74) is 1.92. The molecule has 0 radical (unpaired) electrons. The molecule has 0 aromatic heterocycles. The van der Waals surface area contributed by atoms with Crippen molar-refractivity contribution in [1.82, 2.24) is 0 Å². The van der Waals surface area contributed by atoms with E-state index in [1.165, 1.54) is 0 Å². The first-order valence-corrected chi connectivity index (χ1v) is 13.5. The first-order chi connectivity index (χ1) is 15.5. The minimum Gasteiger partial charge on any atom is -0.481 e. The maximum atomic E-state index is 12.2. The number of carboxylic acids is 1. The smallest absolute Gasteiger partial charge is 0.303 e. The third-order valence-electron chi connectivity index (χ3n) is 7.27. The van der Waals surface area contributed by atoms with Crippen LogP contribution in [-0.4, -0.2) is 36.6 Å². The molecule has 0 spiro atoms. The highest BCUT2D eigenvalue weighted by Gasteiger charge is 2.43. The molecule has 1 aliphatic rings. The number of carbonyl (C=O) groups is 1. The number of rotatable bonds is 12. The minimum atomic E-state index is -4.34. The van der Waals surface area contributed by atoms with Crippen LogP contribution in [0.4, 0.5) is 5.69 Å². The fraction of sp³-hybridized carbons (Fsp3) is 0.577. The molecule has 3 rings (SSSR count). The third-order valence-corrected chi connectivity index (χ3v) is 8.16. The molecule has 33 heavy (non-hydrogen) atoms. The van der Waals surface area contributed by atoms with E-state index in [1.54, 1.807) is 18.2 Å². The van der Waals surface area contributed by atoms with E-state index in [9.17, 15) is 17.8 Å². The predicted molar refractivity (Wildman–Crippen MR) is 133 cm³/mol. The number of benzene rings is 2. The van der Waals surface area contributed by atoms with Gasteiger partial charge in [0.15, 0.2) is 0 Å². The number of carboxylic acid groups (broad SMARTS) is 1. The van der Waals surface area contributed by atoms with Crippen molar-refractivity contribution in [3.05, 3.63) is 35.9 Å². The van der Waals surface area contributed by atoms with Crippen molar-refractivity contribution in [2.75, 3.05) is 11.4 Å². The van der Waals surface area contributed by atoms with Crippen LogP contribution in [0.3, 0.4) is 0 Å². The Labute approximate surface area is 197 Å². The average Bonchev–Trinajstić information content (AvgIpc) is 2.93. The summed E-state index contributed by atoms with van der Waals surface area (Å²) >= 11 is 0. The molecule has 1 heterocycles. The van der Waals surface area contributed by atoms with Gasteiger partial charge < -0.3 is 10.0 Å². The van der Waals surface area contributed by atoms with Crippen LogP contribution in [0.25, 0.3) is 10.8 Å². The first-order valence-electron chi connectivity index (χ1n) is 12.1. The molecule has 7 heteroatoms. The number of fused-ring (bicyclic) bond motifs is 3. The zero-order valence-electron chi connectivity index (χ0n) is 20.0. The van der Waals surface area contributed by atoms with E-state index in [0.717, 1.165) is 74.5 Å². The number of anilines is 1. The van der Waals surface area contributed by atoms with E-state index in [0.29, 0.717) is 5.39 Å². The summed E-state index contributed by atoms with van der Waals surface area (Å²) in [4.78, 5) is 12.8. The van der Waals surface area contributed by atoms with E-state index >= 15 is 0 Å². The molecule has 1 atom stereocenters. The van der Waals surface area contributed by atoms with Crippen molar-refractivity contribution < 1.29 is 22.9 Å². The standard InChI is InChI=1S/C26H37NO5S/c1-19-26(2,3)25-21-15-12-11-14-20(21)23(33(30,31)32)18-22(25)27(19)17-13-9-7-5-4-6-8-10-16-24(28)29/h11-12,14-15,18-19H,4-10,13,16-17H2,1-3H3,(H,28,29)(H,30,31,32). The van der Waals surface area contributed by atoms with Gasteiger partial charge in [-0.1, -0.05) is 76.6 Å². The number of nitrogens with zero attached hydrogens (tertiary/aromatic N) is 1. The minimum absolute atomic E-state index is 0.0188. The van der Waals surface area contributed by atoms with E-state index in [4.69, 9.17) is 5.11 Å². The highest BCUT2D eigenvalue weighted by molar-refractivity contribution is 7.86. The molecule has 0 fully saturated rings. The summed E-state index contributed by atoms with van der Waals surface area (Å²) < 4.78 is 34.2. The molecule has 0 aliphatic carbocycles. The van der Waals surface area contributed by atoms with Crippen LogP contribution < -0.4 is 4.90 Å². The Morgan fingerprint density at radius 2 is 1.52 bits per heavy atom. The number of aliphatic carboxylic acids is 1. The van der Waals surface area contributed by atoms with Crippen LogP contribution in [-0.2, 0) is 20.3 Å². The monoisotopic (exact) mass is 475 g/mol. The van der Waals surface area contributed by atoms with Crippen molar-refractivity contribution in [2.24, 2.45) is 0 Å². The Hall–Kier alpha value is -2.12. The molecular weight excluding hydrogens is 438 g/mol. The fourth-order valence-electron chi connectivity index (χ4n) is 5.19. The summed E-state index contributed by atoms with van der Waals surface area (Å²) in [7, 11) is -4.34. The Balaban J connectivity index is 1.66. The van der Waals surface area contributed by atoms with Gasteiger partial charge in [0.2, 0.25) is 0 Å². The zero-order valence-corrected chi connectivity index (χ0v) is 20.8. The lowest BCUT2D eigenvalue weighted by Crippen LogP contribution is -2.39. The van der Waals surface area contributed by atoms with Crippen LogP contribution in [0.2, 0.25) is 0 Å². The van der Waals surface area contributed by atoms with Gasteiger partial charge in [-0.2, -0.15) is 8.42 Å². The molecule has 1 unspecified atom stereocenters. The summed E-state index contributed by atoms with van der Waals surface area (Å²) in [6.45, 7) is 7.46. The Morgan fingerprint density at radius 3 is 2.09 bits per heavy atom. The second kappa shape index (κ2) is 10.4. The molecule has 1 aliphatic heterocycles. The van der Waals surface area contributed by atoms with Crippen molar-refractivity contribution in [3.63, 3.8) is 0 Å². The molecule has 2 aromatic carbocycles. The van der Waals surface area contributed by atoms with Crippen molar-refractivity contribution >= 4 is 32.5 Å². The number of hydrogen-bond donors (Lipinski definition) is 2. The SMILES string of the molecule is CC1N(CCCCCCCCCCC(=O)O)c2cc(S(=O)(=O)O)c3ccccc3c2C1(C)C. The Kier molecular flexibility index (Phi) is 8.06. The summed E-state index contributed by atoms with van der Waals surface area (Å²) in [5.74, 6) is -0.715. The molecule has 6 nitrogen and oxygen atoms in total. The molecule has 0 saturated carbocycles. The van der Waals surface area contributed by atoms with Crippen LogP contribution in [0, 0.1) is 0 Å². The third kappa shape index (κ3) is 5.69. The van der Waals surface area contributed by atoms with E-state index < -0.39 is 16.1 Å². The van der Waals surface area contributed by atoms with Gasteiger partial charge in [-0.25, -0.2) is 0 Å². The topological polar surface area (TPSA) is 94.9 Å². The average molecular weight is 476 g/mol.